The second-order valence-electron chi connectivity index (χ2n) is 22.6. The lowest BCUT2D eigenvalue weighted by Gasteiger charge is -2.61. The fourth-order valence-corrected chi connectivity index (χ4v) is 16.1. The molecule has 2 heterocycles. The van der Waals surface area contributed by atoms with Crippen LogP contribution in [0.15, 0.2) is 88.5 Å². The van der Waals surface area contributed by atoms with E-state index >= 15 is 0 Å². The largest absolute Gasteiger partial charge is 0.431 e. The number of nitrogens with zero attached hydrogens (tertiary/aromatic N) is 2. The van der Waals surface area contributed by atoms with Crippen molar-refractivity contribution in [3.63, 3.8) is 0 Å². The molecule has 12 atom stereocenters. The van der Waals surface area contributed by atoms with Gasteiger partial charge in [0.2, 0.25) is 0 Å². The van der Waals surface area contributed by atoms with Crippen molar-refractivity contribution in [3.8, 4) is 0 Å². The fraction of sp³-hybridized carbons (Fsp3) is 0.673. The molecule has 11 heteroatoms. The molecule has 11 nitrogen and oxygen atoms in total. The fourth-order valence-electron chi connectivity index (χ4n) is 16.1. The monoisotopic (exact) mass is 904 g/mol. The third-order valence-electron chi connectivity index (χ3n) is 20.1. The van der Waals surface area contributed by atoms with Gasteiger partial charge in [0.1, 0.15) is 0 Å². The lowest BCUT2D eigenvalue weighted by atomic mass is 9.45. The average molecular weight is 904 g/mol. The Labute approximate surface area is 389 Å². The first-order valence-corrected chi connectivity index (χ1v) is 25.3. The molecule has 4 unspecified atom stereocenters. The molecule has 8 aliphatic carbocycles. The second kappa shape index (κ2) is 17.5. The number of allylic oxidation sites excluding steroid dienone is 4. The highest BCUT2D eigenvalue weighted by Crippen LogP contribution is 2.71. The number of aliphatic imine (C=N–C) groups is 2. The number of carbonyl (C=O) groups excluding carboxylic acids is 2. The van der Waals surface area contributed by atoms with Gasteiger partial charge in [-0.15, -0.1) is 0 Å². The highest BCUT2D eigenvalue weighted by atomic mass is 16.4. The van der Waals surface area contributed by atoms with Crippen molar-refractivity contribution in [2.75, 3.05) is 19.6 Å². The van der Waals surface area contributed by atoms with Crippen LogP contribution in [0.1, 0.15) is 167 Å². The van der Waals surface area contributed by atoms with Crippen molar-refractivity contribution in [2.24, 2.45) is 61.1 Å². The molecular formula is C55H73N3O8. The van der Waals surface area contributed by atoms with E-state index in [2.05, 4.69) is 49.8 Å². The number of nitrogens with two attached hydrogens (primary N) is 1. The standard InChI is InChI=1S/C28H37NO4.C27H36N2O4/c1-4-21(30)16-29-20-9-12-26(2)19(15-20)6-7-24-23(26)10-13-27(3)22(11-14-28(24,27)32)18-5-8-25(31)33-17-18;1-25-10-7-19(29-15-20(30)14-28)13-18(25)4-5-23-22(25)8-11-26(2)21(9-12-27(23,26)32)17-3-6-24(31)33-16-17/h5,8,15,17,22-24,32H,4,6-7,9-14,16H2,1-3H3;3,6,13,16,21-23,32H,4-5,7-12,14-15,28H2,1-2H3/t22-,23?,24?,26+,27-,28+;21-,22?,23?,25+,26-,27+/m11/s1. The summed E-state index contributed by atoms with van der Waals surface area (Å²) >= 11 is 0. The first-order chi connectivity index (χ1) is 31.4. The molecule has 0 aromatic carbocycles. The van der Waals surface area contributed by atoms with E-state index in [0.717, 1.165) is 125 Å². The predicted molar refractivity (Wildman–Crippen MR) is 256 cm³/mol. The Morgan fingerprint density at radius 2 is 1.05 bits per heavy atom. The van der Waals surface area contributed by atoms with Crippen LogP contribution >= 0.6 is 0 Å². The van der Waals surface area contributed by atoms with Gasteiger partial charge in [-0.3, -0.25) is 19.6 Å². The van der Waals surface area contributed by atoms with Crippen LogP contribution in [-0.4, -0.2) is 64.0 Å². The minimum atomic E-state index is -0.701. The van der Waals surface area contributed by atoms with Gasteiger partial charge in [0, 0.05) is 40.8 Å². The summed E-state index contributed by atoms with van der Waals surface area (Å²) in [6.45, 7) is 11.8. The quantitative estimate of drug-likeness (QED) is 0.233. The Morgan fingerprint density at radius 1 is 0.606 bits per heavy atom. The van der Waals surface area contributed by atoms with Crippen LogP contribution in [0.2, 0.25) is 0 Å². The second-order valence-corrected chi connectivity index (χ2v) is 22.6. The van der Waals surface area contributed by atoms with E-state index < -0.39 is 11.2 Å². The van der Waals surface area contributed by atoms with Crippen LogP contribution in [0.3, 0.4) is 0 Å². The molecule has 8 aliphatic rings. The maximum absolute atomic E-state index is 12.3. The van der Waals surface area contributed by atoms with Crippen molar-refractivity contribution in [1.29, 1.82) is 0 Å². The van der Waals surface area contributed by atoms with E-state index in [1.165, 1.54) is 23.3 Å². The normalized spacial score (nSPS) is 41.2. The molecule has 6 fully saturated rings. The number of Topliss-reactive ketones (excluding diaryl/α,β-unsaturated/α-hetero) is 2. The third kappa shape index (κ3) is 7.56. The highest BCUT2D eigenvalue weighted by Gasteiger charge is 2.68. The predicted octanol–water partition coefficient (Wildman–Crippen LogP) is 8.99. The van der Waals surface area contributed by atoms with Gasteiger partial charge in [0.05, 0.1) is 43.4 Å². The van der Waals surface area contributed by atoms with Crippen molar-refractivity contribution >= 4 is 23.0 Å². The van der Waals surface area contributed by atoms with E-state index in [9.17, 15) is 29.4 Å². The topological polar surface area (TPSA) is 186 Å². The molecule has 2 aromatic rings. The number of hydrogen-bond acceptors (Lipinski definition) is 11. The molecule has 2 aromatic heterocycles. The van der Waals surface area contributed by atoms with Crippen molar-refractivity contribution in [3.05, 3.63) is 92.1 Å². The number of carbonyl (C=O) groups is 2. The number of fused-ring (bicyclic) bond motifs is 10. The van der Waals surface area contributed by atoms with Crippen molar-refractivity contribution in [2.45, 2.75) is 167 Å². The van der Waals surface area contributed by atoms with Gasteiger partial charge >= 0.3 is 11.3 Å². The zero-order chi connectivity index (χ0) is 46.9. The van der Waals surface area contributed by atoms with E-state index in [0.29, 0.717) is 30.7 Å². The van der Waals surface area contributed by atoms with Gasteiger partial charge in [0.25, 0.3) is 0 Å². The molecule has 0 amide bonds. The van der Waals surface area contributed by atoms with E-state index in [1.807, 2.05) is 19.1 Å². The molecule has 10 rings (SSSR count). The Bertz CT molecular complexity index is 2270. The van der Waals surface area contributed by atoms with Gasteiger partial charge in [-0.25, -0.2) is 9.59 Å². The molecule has 356 valence electrons. The lowest BCUT2D eigenvalue weighted by molar-refractivity contribution is -0.176. The van der Waals surface area contributed by atoms with E-state index in [1.54, 1.807) is 12.5 Å². The molecule has 0 aliphatic heterocycles. The van der Waals surface area contributed by atoms with Gasteiger partial charge in [0.15, 0.2) is 11.6 Å². The molecule has 6 saturated carbocycles. The SMILES string of the molecule is CCC(=O)CN=C1C=C2CCC3C(CC[C@]4(C)[C@@H](c5ccc(=O)oc5)CC[C@]34O)[C@@]2(C)CC1.C[C@]12CCC(=NCC(=O)CN)C=C1CCC1C2CC[C@]2(C)[C@@H](c3ccc(=O)oc3)CC[C@]12O. The summed E-state index contributed by atoms with van der Waals surface area (Å²) < 4.78 is 10.4. The van der Waals surface area contributed by atoms with Gasteiger partial charge in [-0.05, 0) is 184 Å². The summed E-state index contributed by atoms with van der Waals surface area (Å²) in [6.07, 6.45) is 23.8. The van der Waals surface area contributed by atoms with Crippen LogP contribution in [0.4, 0.5) is 0 Å². The first-order valence-electron chi connectivity index (χ1n) is 25.3. The zero-order valence-corrected chi connectivity index (χ0v) is 40.0. The summed E-state index contributed by atoms with van der Waals surface area (Å²) in [5.41, 5.74) is 10.3. The van der Waals surface area contributed by atoms with Gasteiger partial charge in [-0.1, -0.05) is 45.8 Å². The van der Waals surface area contributed by atoms with Crippen LogP contribution in [0.25, 0.3) is 0 Å². The number of aliphatic hydroxyl groups is 2. The molecular weight excluding hydrogens is 831 g/mol. The van der Waals surface area contributed by atoms with Crippen LogP contribution in [0, 0.1) is 45.3 Å². The third-order valence-corrected chi connectivity index (χ3v) is 20.1. The van der Waals surface area contributed by atoms with Crippen molar-refractivity contribution < 1.29 is 28.6 Å². The Balaban J connectivity index is 0.000000166. The average Bonchev–Trinajstić information content (AvgIpc) is 3.76. The maximum atomic E-state index is 12.3. The number of rotatable bonds is 8. The van der Waals surface area contributed by atoms with Gasteiger partial charge < -0.3 is 24.8 Å². The summed E-state index contributed by atoms with van der Waals surface area (Å²) in [7, 11) is 0. The Morgan fingerprint density at radius 3 is 1.44 bits per heavy atom. The maximum Gasteiger partial charge on any atom is 0.335 e. The highest BCUT2D eigenvalue weighted by molar-refractivity contribution is 5.99. The summed E-state index contributed by atoms with van der Waals surface area (Å²) in [4.78, 5) is 55.5. The first kappa shape index (κ1) is 47.0. The Hall–Kier alpha value is -4.06. The van der Waals surface area contributed by atoms with Crippen LogP contribution < -0.4 is 17.0 Å². The van der Waals surface area contributed by atoms with Crippen LogP contribution in [0.5, 0.6) is 0 Å². The smallest absolute Gasteiger partial charge is 0.335 e. The molecule has 4 N–H and O–H groups in total. The minimum absolute atomic E-state index is 0.0276. The molecule has 66 heavy (non-hydrogen) atoms. The summed E-state index contributed by atoms with van der Waals surface area (Å²) in [5, 5.41) is 24.6. The molecule has 0 radical (unpaired) electrons. The van der Waals surface area contributed by atoms with E-state index in [4.69, 9.17) is 14.6 Å². The number of hydrogen-bond donors (Lipinski definition) is 3. The number of ketones is 2. The zero-order valence-electron chi connectivity index (χ0n) is 40.0. The van der Waals surface area contributed by atoms with Crippen molar-refractivity contribution in [1.82, 2.24) is 0 Å². The molecule has 0 saturated heterocycles. The lowest BCUT2D eigenvalue weighted by Crippen LogP contribution is -2.60. The van der Waals surface area contributed by atoms with Crippen LogP contribution in [-0.2, 0) is 9.59 Å². The van der Waals surface area contributed by atoms with E-state index in [-0.39, 0.29) is 75.3 Å². The summed E-state index contributed by atoms with van der Waals surface area (Å²) in [6, 6.07) is 6.80. The minimum Gasteiger partial charge on any atom is -0.431 e. The molecule has 0 bridgehead atoms. The summed E-state index contributed by atoms with van der Waals surface area (Å²) in [5.74, 6) is 2.09. The molecule has 0 spiro atoms. The Kier molecular flexibility index (Phi) is 12.4. The van der Waals surface area contributed by atoms with Gasteiger partial charge in [-0.2, -0.15) is 0 Å².